The van der Waals surface area contributed by atoms with Crippen LogP contribution >= 0.6 is 0 Å². The van der Waals surface area contributed by atoms with Crippen LogP contribution in [0.1, 0.15) is 42.6 Å². The van der Waals surface area contributed by atoms with E-state index in [1.165, 1.54) is 18.2 Å². The number of nitrogens with one attached hydrogen (secondary N) is 1. The summed E-state index contributed by atoms with van der Waals surface area (Å²) in [6.45, 7) is 5.78. The molecule has 1 unspecified atom stereocenters. The maximum Gasteiger partial charge on any atom is 0.349 e. The lowest BCUT2D eigenvalue weighted by Gasteiger charge is -2.11. The third-order valence-corrected chi connectivity index (χ3v) is 5.66. The number of benzene rings is 2. The molecule has 9 heteroatoms. The summed E-state index contributed by atoms with van der Waals surface area (Å²) >= 11 is 0. The van der Waals surface area contributed by atoms with Gasteiger partial charge in [-0.2, -0.15) is 0 Å². The Labute approximate surface area is 214 Å². The van der Waals surface area contributed by atoms with E-state index in [0.29, 0.717) is 43.3 Å². The van der Waals surface area contributed by atoms with Gasteiger partial charge in [-0.1, -0.05) is 6.07 Å². The number of fused-ring (bicyclic) bond motifs is 1. The topological polar surface area (TPSA) is 113 Å². The number of hydrogen-bond acceptors (Lipinski definition) is 8. The van der Waals surface area contributed by atoms with Crippen LogP contribution in [0.4, 0.5) is 0 Å². The molecule has 0 spiro atoms. The van der Waals surface area contributed by atoms with Crippen LogP contribution in [-0.4, -0.2) is 44.3 Å². The molecule has 0 aliphatic carbocycles. The molecule has 1 saturated heterocycles. The minimum Gasteiger partial charge on any atom is -0.490 e. The van der Waals surface area contributed by atoms with Crippen LogP contribution in [0, 0.1) is 0 Å². The second-order valence-electron chi connectivity index (χ2n) is 8.32. The first kappa shape index (κ1) is 26.0. The van der Waals surface area contributed by atoms with Gasteiger partial charge in [0, 0.05) is 30.7 Å². The van der Waals surface area contributed by atoms with Gasteiger partial charge in [0.15, 0.2) is 11.5 Å². The van der Waals surface area contributed by atoms with Gasteiger partial charge >= 0.3 is 11.6 Å². The molecule has 4 rings (SSSR count). The number of amides is 1. The number of hydrogen-bond donors (Lipinski definition) is 1. The third-order valence-electron chi connectivity index (χ3n) is 5.66. The van der Waals surface area contributed by atoms with E-state index in [1.54, 1.807) is 36.4 Å². The second-order valence-corrected chi connectivity index (χ2v) is 8.32. The molecule has 0 radical (unpaired) electrons. The Hall–Kier alpha value is -4.11. The van der Waals surface area contributed by atoms with Gasteiger partial charge in [0.05, 0.1) is 19.3 Å². The molecule has 3 aromatic rings. The summed E-state index contributed by atoms with van der Waals surface area (Å²) in [5.41, 5.74) is 0.0581. The summed E-state index contributed by atoms with van der Waals surface area (Å²) in [5.74, 6) is 0.282. The molecule has 1 aliphatic rings. The second kappa shape index (κ2) is 12.2. The Morgan fingerprint density at radius 3 is 2.62 bits per heavy atom. The van der Waals surface area contributed by atoms with Crippen molar-refractivity contribution in [1.29, 1.82) is 0 Å². The molecule has 9 nitrogen and oxygen atoms in total. The Morgan fingerprint density at radius 2 is 1.86 bits per heavy atom. The number of carbonyl (C=O) groups is 2. The number of rotatable bonds is 10. The van der Waals surface area contributed by atoms with Crippen LogP contribution in [0.15, 0.2) is 57.8 Å². The Kier molecular flexibility index (Phi) is 8.58. The van der Waals surface area contributed by atoms with Gasteiger partial charge in [-0.15, -0.1) is 0 Å². The van der Waals surface area contributed by atoms with Crippen molar-refractivity contribution in [2.75, 3.05) is 26.4 Å². The fraction of sp³-hybridized carbons (Fsp3) is 0.321. The third kappa shape index (κ3) is 6.77. The maximum atomic E-state index is 12.5. The van der Waals surface area contributed by atoms with Crippen molar-refractivity contribution in [3.63, 3.8) is 0 Å². The van der Waals surface area contributed by atoms with Crippen LogP contribution < -0.4 is 25.2 Å². The van der Waals surface area contributed by atoms with Crippen molar-refractivity contribution in [1.82, 2.24) is 5.32 Å². The van der Waals surface area contributed by atoms with Gasteiger partial charge in [0.1, 0.15) is 16.9 Å². The van der Waals surface area contributed by atoms with Gasteiger partial charge in [-0.05, 0) is 68.7 Å². The zero-order valence-corrected chi connectivity index (χ0v) is 20.8. The van der Waals surface area contributed by atoms with E-state index in [-0.39, 0.29) is 23.0 Å². The molecule has 1 amide bonds. The molecule has 2 aromatic carbocycles. The molecule has 2 heterocycles. The molecule has 0 saturated carbocycles. The van der Waals surface area contributed by atoms with Gasteiger partial charge < -0.3 is 28.7 Å². The molecule has 1 aromatic heterocycles. The smallest absolute Gasteiger partial charge is 0.349 e. The molecule has 1 atom stereocenters. The number of carbonyl (C=O) groups excluding carboxylic acids is 2. The lowest BCUT2D eigenvalue weighted by atomic mass is 10.1. The highest BCUT2D eigenvalue weighted by Crippen LogP contribution is 2.29. The van der Waals surface area contributed by atoms with Crippen molar-refractivity contribution >= 4 is 28.9 Å². The molecule has 1 fully saturated rings. The van der Waals surface area contributed by atoms with E-state index in [2.05, 4.69) is 5.32 Å². The van der Waals surface area contributed by atoms with E-state index in [0.717, 1.165) is 18.4 Å². The van der Waals surface area contributed by atoms with Gasteiger partial charge in [-0.25, -0.2) is 9.59 Å². The number of ether oxygens (including phenoxy) is 4. The van der Waals surface area contributed by atoms with Crippen LogP contribution in [-0.2, 0) is 9.53 Å². The van der Waals surface area contributed by atoms with Crippen LogP contribution in [0.25, 0.3) is 17.0 Å². The van der Waals surface area contributed by atoms with E-state index in [9.17, 15) is 14.4 Å². The lowest BCUT2D eigenvalue weighted by molar-refractivity contribution is -0.128. The lowest BCUT2D eigenvalue weighted by Crippen LogP contribution is -2.34. The Balaban J connectivity index is 1.42. The first-order chi connectivity index (χ1) is 18.0. The Bertz CT molecular complexity index is 1350. The predicted octanol–water partition coefficient (Wildman–Crippen LogP) is 4.12. The highest BCUT2D eigenvalue weighted by atomic mass is 16.5. The average Bonchev–Trinajstić information content (AvgIpc) is 3.41. The molecule has 0 bridgehead atoms. The maximum absolute atomic E-state index is 12.5. The molecule has 37 heavy (non-hydrogen) atoms. The predicted molar refractivity (Wildman–Crippen MR) is 137 cm³/mol. The molecular formula is C28H29NO8. The minimum atomic E-state index is -0.777. The zero-order chi connectivity index (χ0) is 26.2. The summed E-state index contributed by atoms with van der Waals surface area (Å²) < 4.78 is 27.3. The van der Waals surface area contributed by atoms with Crippen molar-refractivity contribution < 1.29 is 33.0 Å². The van der Waals surface area contributed by atoms with Crippen molar-refractivity contribution in [2.45, 2.75) is 32.8 Å². The summed E-state index contributed by atoms with van der Waals surface area (Å²) in [6, 6.07) is 11.4. The summed E-state index contributed by atoms with van der Waals surface area (Å²) in [4.78, 5) is 37.2. The standard InChI is InChI=1S/C28H29NO8/c1-3-33-23-11-7-18(14-25(23)34-4-2)8-12-26(30)36-20-10-9-19-15-22(28(32)37-24(19)16-20)27(31)29-17-21-6-5-13-35-21/h7-12,14-16,21H,3-6,13,17H2,1-2H3,(H,29,31)/b12-8+. The highest BCUT2D eigenvalue weighted by molar-refractivity contribution is 5.97. The summed E-state index contributed by atoms with van der Waals surface area (Å²) in [7, 11) is 0. The van der Waals surface area contributed by atoms with Crippen LogP contribution in [0.3, 0.4) is 0 Å². The Morgan fingerprint density at radius 1 is 1.05 bits per heavy atom. The summed E-state index contributed by atoms with van der Waals surface area (Å²) in [6.07, 6.45) is 4.68. The van der Waals surface area contributed by atoms with E-state index >= 15 is 0 Å². The van der Waals surface area contributed by atoms with Crippen molar-refractivity contribution in [2.24, 2.45) is 0 Å². The first-order valence-corrected chi connectivity index (χ1v) is 12.2. The van der Waals surface area contributed by atoms with Gasteiger partial charge in [-0.3, -0.25) is 4.79 Å². The monoisotopic (exact) mass is 507 g/mol. The fourth-order valence-corrected chi connectivity index (χ4v) is 3.91. The van der Waals surface area contributed by atoms with Crippen molar-refractivity contribution in [3.8, 4) is 17.2 Å². The highest BCUT2D eigenvalue weighted by Gasteiger charge is 2.19. The van der Waals surface area contributed by atoms with Crippen LogP contribution in [0.5, 0.6) is 17.2 Å². The van der Waals surface area contributed by atoms with Crippen molar-refractivity contribution in [3.05, 3.63) is 70.1 Å². The van der Waals surface area contributed by atoms with Crippen LogP contribution in [0.2, 0.25) is 0 Å². The molecule has 1 aliphatic heterocycles. The zero-order valence-electron chi connectivity index (χ0n) is 20.8. The fourth-order valence-electron chi connectivity index (χ4n) is 3.91. The average molecular weight is 508 g/mol. The van der Waals surface area contributed by atoms with Gasteiger partial charge in [0.25, 0.3) is 5.91 Å². The van der Waals surface area contributed by atoms with E-state index in [4.69, 9.17) is 23.4 Å². The minimum absolute atomic E-state index is 0.0381. The molecular weight excluding hydrogens is 478 g/mol. The summed E-state index contributed by atoms with van der Waals surface area (Å²) in [5, 5.41) is 3.24. The SMILES string of the molecule is CCOc1ccc(/C=C/C(=O)Oc2ccc3cc(C(=O)NCC4CCCO4)c(=O)oc3c2)cc1OCC. The largest absolute Gasteiger partial charge is 0.490 e. The molecule has 194 valence electrons. The first-order valence-electron chi connectivity index (χ1n) is 12.2. The number of esters is 1. The normalized spacial score (nSPS) is 15.1. The van der Waals surface area contributed by atoms with E-state index in [1.807, 2.05) is 13.8 Å². The van der Waals surface area contributed by atoms with Gasteiger partial charge in [0.2, 0.25) is 0 Å². The quantitative estimate of drug-likeness (QED) is 0.189. The molecule has 1 N–H and O–H groups in total. The van der Waals surface area contributed by atoms with E-state index < -0.39 is 17.5 Å².